The molecule has 0 saturated carbocycles. The van der Waals surface area contributed by atoms with Gasteiger partial charge in [0.25, 0.3) is 5.91 Å². The largest absolute Gasteiger partial charge is 0.296 e. The van der Waals surface area contributed by atoms with Crippen molar-refractivity contribution in [2.75, 3.05) is 5.32 Å². The van der Waals surface area contributed by atoms with E-state index in [2.05, 4.69) is 20.5 Å². The molecule has 0 bridgehead atoms. The number of fused-ring (bicyclic) bond motifs is 1. The lowest BCUT2D eigenvalue weighted by Crippen LogP contribution is -2.11. The Hall–Kier alpha value is -2.00. The summed E-state index contributed by atoms with van der Waals surface area (Å²) in [6, 6.07) is 13.1. The van der Waals surface area contributed by atoms with E-state index >= 15 is 0 Å². The number of carbonyl (C=O) groups excluding carboxylic acids is 1. The van der Waals surface area contributed by atoms with Gasteiger partial charge < -0.3 is 0 Å². The maximum atomic E-state index is 12.4. The molecule has 1 N–H and O–H groups in total. The van der Waals surface area contributed by atoms with E-state index in [1.807, 2.05) is 36.4 Å². The Morgan fingerprint density at radius 1 is 1.15 bits per heavy atom. The van der Waals surface area contributed by atoms with Gasteiger partial charge in [0.2, 0.25) is 5.13 Å². The van der Waals surface area contributed by atoms with Gasteiger partial charge in [-0.1, -0.05) is 46.8 Å². The number of thiazole rings is 1. The van der Waals surface area contributed by atoms with Crippen LogP contribution in [0, 0.1) is 0 Å². The molecule has 9 heteroatoms. The average molecular weight is 419 g/mol. The third-order valence-corrected chi connectivity index (χ3v) is 6.58. The molecule has 0 spiro atoms. The molecule has 0 fully saturated rings. The maximum absolute atomic E-state index is 12.4. The molecule has 0 saturated heterocycles. The van der Waals surface area contributed by atoms with Crippen molar-refractivity contribution >= 4 is 67.3 Å². The van der Waals surface area contributed by atoms with Crippen molar-refractivity contribution in [3.8, 4) is 0 Å². The molecule has 0 unspecified atom stereocenters. The van der Waals surface area contributed by atoms with Gasteiger partial charge >= 0.3 is 0 Å². The lowest BCUT2D eigenvalue weighted by Gasteiger charge is -2.01. The van der Waals surface area contributed by atoms with Crippen LogP contribution in [0.4, 0.5) is 5.13 Å². The molecule has 0 atom stereocenters. The first-order chi connectivity index (χ1) is 12.7. The summed E-state index contributed by atoms with van der Waals surface area (Å²) in [5.74, 6) is 0.563. The molecule has 2 aromatic carbocycles. The second kappa shape index (κ2) is 7.71. The number of hydrogen-bond donors (Lipinski definition) is 1. The number of thioether (sulfide) groups is 1. The molecular weight excluding hydrogens is 408 g/mol. The van der Waals surface area contributed by atoms with Crippen LogP contribution in [0.3, 0.4) is 0 Å². The van der Waals surface area contributed by atoms with Crippen LogP contribution in [0.5, 0.6) is 0 Å². The van der Waals surface area contributed by atoms with E-state index in [0.717, 1.165) is 30.9 Å². The number of benzene rings is 2. The van der Waals surface area contributed by atoms with E-state index in [0.29, 0.717) is 10.7 Å². The molecule has 1 amide bonds. The van der Waals surface area contributed by atoms with Crippen LogP contribution >= 0.6 is 46.0 Å². The highest BCUT2D eigenvalue weighted by atomic mass is 35.5. The molecule has 2 heterocycles. The van der Waals surface area contributed by atoms with Crippen molar-refractivity contribution in [3.63, 3.8) is 0 Å². The van der Waals surface area contributed by atoms with Gasteiger partial charge in [-0.05, 0) is 35.9 Å². The zero-order chi connectivity index (χ0) is 17.9. The summed E-state index contributed by atoms with van der Waals surface area (Å²) < 4.78 is 1.78. The van der Waals surface area contributed by atoms with Gasteiger partial charge in [0.05, 0.1) is 15.7 Å². The molecule has 2 aromatic heterocycles. The molecule has 0 aliphatic rings. The fourth-order valence-electron chi connectivity index (χ4n) is 2.21. The van der Waals surface area contributed by atoms with Gasteiger partial charge in [0, 0.05) is 16.3 Å². The van der Waals surface area contributed by atoms with Crippen LogP contribution in [-0.4, -0.2) is 21.1 Å². The SMILES string of the molecule is O=C(Nc1nnc(SCc2ccc(Cl)cc2)s1)c1ccc2ncsc2c1. The number of nitrogens with zero attached hydrogens (tertiary/aromatic N) is 3. The quantitative estimate of drug-likeness (QED) is 0.349. The molecule has 0 aliphatic heterocycles. The smallest absolute Gasteiger partial charge is 0.257 e. The number of anilines is 1. The molecular formula is C17H11ClN4OS3. The Morgan fingerprint density at radius 2 is 2.00 bits per heavy atom. The van der Waals surface area contributed by atoms with E-state index in [9.17, 15) is 4.79 Å². The highest BCUT2D eigenvalue weighted by Gasteiger charge is 2.12. The molecule has 0 aliphatic carbocycles. The van der Waals surface area contributed by atoms with Crippen molar-refractivity contribution in [1.82, 2.24) is 15.2 Å². The molecule has 0 radical (unpaired) electrons. The Labute approximate surface area is 166 Å². The summed E-state index contributed by atoms with van der Waals surface area (Å²) in [4.78, 5) is 16.6. The third kappa shape index (κ3) is 4.04. The number of rotatable bonds is 5. The van der Waals surface area contributed by atoms with E-state index in [4.69, 9.17) is 11.6 Å². The fourth-order valence-corrected chi connectivity index (χ4v) is 4.76. The number of hydrogen-bond acceptors (Lipinski definition) is 7. The van der Waals surface area contributed by atoms with Gasteiger partial charge in [-0.3, -0.25) is 10.1 Å². The zero-order valence-electron chi connectivity index (χ0n) is 13.2. The van der Waals surface area contributed by atoms with Gasteiger partial charge in [-0.25, -0.2) is 4.98 Å². The van der Waals surface area contributed by atoms with Crippen molar-refractivity contribution in [2.45, 2.75) is 10.1 Å². The monoisotopic (exact) mass is 418 g/mol. The Bertz CT molecular complexity index is 1060. The van der Waals surface area contributed by atoms with E-state index in [-0.39, 0.29) is 5.91 Å². The zero-order valence-corrected chi connectivity index (χ0v) is 16.4. The van der Waals surface area contributed by atoms with Crippen LogP contribution < -0.4 is 5.32 Å². The standard InChI is InChI=1S/C17H11ClN4OS3/c18-12-4-1-10(2-5-12)8-24-17-22-21-16(26-17)20-15(23)11-3-6-13-14(7-11)25-9-19-13/h1-7,9H,8H2,(H,20,21,23). The van der Waals surface area contributed by atoms with Gasteiger partial charge in [-0.2, -0.15) is 0 Å². The average Bonchev–Trinajstić information content (AvgIpc) is 3.29. The summed E-state index contributed by atoms with van der Waals surface area (Å²) in [6.07, 6.45) is 0. The number of halogens is 1. The van der Waals surface area contributed by atoms with Gasteiger partial charge in [-0.15, -0.1) is 21.5 Å². The second-order valence-electron chi connectivity index (χ2n) is 5.28. The summed E-state index contributed by atoms with van der Waals surface area (Å²) in [5.41, 5.74) is 4.38. The number of carbonyl (C=O) groups is 1. The predicted octanol–water partition coefficient (Wildman–Crippen LogP) is 5.35. The molecule has 130 valence electrons. The predicted molar refractivity (Wildman–Crippen MR) is 108 cm³/mol. The minimum Gasteiger partial charge on any atom is -0.296 e. The summed E-state index contributed by atoms with van der Waals surface area (Å²) in [7, 11) is 0. The molecule has 26 heavy (non-hydrogen) atoms. The van der Waals surface area contributed by atoms with Crippen molar-refractivity contribution < 1.29 is 4.79 Å². The lowest BCUT2D eigenvalue weighted by atomic mass is 10.2. The first kappa shape index (κ1) is 17.4. The highest BCUT2D eigenvalue weighted by Crippen LogP contribution is 2.29. The van der Waals surface area contributed by atoms with Crippen molar-refractivity contribution in [1.29, 1.82) is 0 Å². The number of nitrogens with one attached hydrogen (secondary N) is 1. The molecule has 5 nitrogen and oxygen atoms in total. The van der Waals surface area contributed by atoms with Crippen LogP contribution in [0.2, 0.25) is 5.02 Å². The Balaban J connectivity index is 1.39. The first-order valence-corrected chi connectivity index (χ1v) is 10.6. The number of aromatic nitrogens is 3. The highest BCUT2D eigenvalue weighted by molar-refractivity contribution is 8.00. The van der Waals surface area contributed by atoms with Crippen LogP contribution in [-0.2, 0) is 5.75 Å². The summed E-state index contributed by atoms with van der Waals surface area (Å²) in [5, 5.41) is 12.2. The molecule has 4 rings (SSSR count). The Kier molecular flexibility index (Phi) is 5.16. The van der Waals surface area contributed by atoms with E-state index in [1.54, 1.807) is 23.3 Å². The van der Waals surface area contributed by atoms with E-state index in [1.165, 1.54) is 22.7 Å². The van der Waals surface area contributed by atoms with Gasteiger partial charge in [0.1, 0.15) is 0 Å². The third-order valence-electron chi connectivity index (χ3n) is 3.50. The maximum Gasteiger partial charge on any atom is 0.257 e. The van der Waals surface area contributed by atoms with Crippen LogP contribution in [0.15, 0.2) is 52.3 Å². The minimum atomic E-state index is -0.203. The van der Waals surface area contributed by atoms with Gasteiger partial charge in [0.15, 0.2) is 4.34 Å². The minimum absolute atomic E-state index is 0.203. The summed E-state index contributed by atoms with van der Waals surface area (Å²) in [6.45, 7) is 0. The van der Waals surface area contributed by atoms with E-state index < -0.39 is 0 Å². The number of amides is 1. The first-order valence-electron chi connectivity index (χ1n) is 7.53. The van der Waals surface area contributed by atoms with Crippen LogP contribution in [0.25, 0.3) is 10.2 Å². The summed E-state index contributed by atoms with van der Waals surface area (Å²) >= 11 is 10.3. The fraction of sp³-hybridized carbons (Fsp3) is 0.0588. The van der Waals surface area contributed by atoms with Crippen molar-refractivity contribution in [3.05, 3.63) is 64.1 Å². The van der Waals surface area contributed by atoms with Crippen molar-refractivity contribution in [2.24, 2.45) is 0 Å². The second-order valence-corrected chi connectivity index (χ2v) is 8.80. The Morgan fingerprint density at radius 3 is 2.85 bits per heavy atom. The normalized spacial score (nSPS) is 11.0. The molecule has 4 aromatic rings. The topological polar surface area (TPSA) is 67.8 Å². The van der Waals surface area contributed by atoms with Crippen LogP contribution in [0.1, 0.15) is 15.9 Å². The lowest BCUT2D eigenvalue weighted by molar-refractivity contribution is 0.102.